The van der Waals surface area contributed by atoms with E-state index in [0.29, 0.717) is 0 Å². The Kier molecular flexibility index (Phi) is 4.58. The summed E-state index contributed by atoms with van der Waals surface area (Å²) in [5.41, 5.74) is 7.07. The van der Waals surface area contributed by atoms with Crippen LogP contribution in [0.3, 0.4) is 0 Å². The zero-order valence-corrected chi connectivity index (χ0v) is 12.1. The lowest BCUT2D eigenvalue weighted by Gasteiger charge is -2.23. The van der Waals surface area contributed by atoms with Crippen molar-refractivity contribution in [2.75, 3.05) is 5.73 Å². The Morgan fingerprint density at radius 3 is 2.38 bits per heavy atom. The van der Waals surface area contributed by atoms with E-state index in [2.05, 4.69) is 5.32 Å². The Morgan fingerprint density at radius 2 is 1.81 bits per heavy atom. The number of hydrogen-bond donors (Lipinski definition) is 2. The molecule has 0 heterocycles. The number of hydrogen-bond acceptors (Lipinski definition) is 2. The van der Waals surface area contributed by atoms with Gasteiger partial charge in [0.25, 0.3) is 5.91 Å². The van der Waals surface area contributed by atoms with Gasteiger partial charge >= 0.3 is 0 Å². The molecule has 110 valence electrons. The summed E-state index contributed by atoms with van der Waals surface area (Å²) in [6.45, 7) is 4.05. The van der Waals surface area contributed by atoms with Crippen LogP contribution in [-0.2, 0) is 0 Å². The molecule has 3 nitrogen and oxygen atoms in total. The van der Waals surface area contributed by atoms with Crippen molar-refractivity contribution in [3.05, 3.63) is 65.5 Å². The van der Waals surface area contributed by atoms with Crippen LogP contribution in [0.25, 0.3) is 0 Å². The van der Waals surface area contributed by atoms with Crippen molar-refractivity contribution in [2.45, 2.75) is 19.9 Å². The summed E-state index contributed by atoms with van der Waals surface area (Å²) in [5.74, 6) is -0.632. The predicted octanol–water partition coefficient (Wildman–Crippen LogP) is 3.54. The molecule has 1 atom stereocenters. The molecule has 0 radical (unpaired) electrons. The second-order valence-electron chi connectivity index (χ2n) is 5.38. The predicted molar refractivity (Wildman–Crippen MR) is 82.3 cm³/mol. The van der Waals surface area contributed by atoms with Crippen LogP contribution in [0.15, 0.2) is 48.5 Å². The molecule has 0 bridgehead atoms. The van der Waals surface area contributed by atoms with Crippen LogP contribution in [0.4, 0.5) is 10.1 Å². The summed E-state index contributed by atoms with van der Waals surface area (Å²) in [7, 11) is 0. The fourth-order valence-electron chi connectivity index (χ4n) is 2.26. The van der Waals surface area contributed by atoms with E-state index < -0.39 is 5.82 Å². The van der Waals surface area contributed by atoms with Gasteiger partial charge in [0.2, 0.25) is 0 Å². The fourth-order valence-corrected chi connectivity index (χ4v) is 2.26. The number of carbonyl (C=O) groups is 1. The second-order valence-corrected chi connectivity index (χ2v) is 5.38. The lowest BCUT2D eigenvalue weighted by molar-refractivity contribution is 0.0925. The molecule has 3 N–H and O–H groups in total. The van der Waals surface area contributed by atoms with Crippen LogP contribution in [-0.4, -0.2) is 5.91 Å². The van der Waals surface area contributed by atoms with E-state index in [4.69, 9.17) is 5.73 Å². The maximum absolute atomic E-state index is 13.3. The van der Waals surface area contributed by atoms with Crippen LogP contribution in [0.2, 0.25) is 0 Å². The molecule has 0 saturated heterocycles. The summed E-state index contributed by atoms with van der Waals surface area (Å²) in [6, 6.07) is 13.4. The van der Waals surface area contributed by atoms with E-state index in [9.17, 15) is 9.18 Å². The van der Waals surface area contributed by atoms with Crippen molar-refractivity contribution in [1.82, 2.24) is 5.32 Å². The van der Waals surface area contributed by atoms with E-state index in [1.54, 1.807) is 0 Å². The first kappa shape index (κ1) is 15.0. The highest BCUT2D eigenvalue weighted by molar-refractivity contribution is 5.95. The van der Waals surface area contributed by atoms with Crippen molar-refractivity contribution in [3.8, 4) is 0 Å². The zero-order valence-electron chi connectivity index (χ0n) is 12.1. The van der Waals surface area contributed by atoms with Gasteiger partial charge in [-0.25, -0.2) is 4.39 Å². The van der Waals surface area contributed by atoms with Gasteiger partial charge in [-0.05, 0) is 29.7 Å². The molecule has 0 fully saturated rings. The molecular weight excluding hydrogens is 267 g/mol. The number of anilines is 1. The van der Waals surface area contributed by atoms with Gasteiger partial charge in [-0.1, -0.05) is 44.2 Å². The molecule has 0 aliphatic rings. The maximum Gasteiger partial charge on any atom is 0.251 e. The highest BCUT2D eigenvalue weighted by atomic mass is 19.1. The third kappa shape index (κ3) is 3.81. The summed E-state index contributed by atoms with van der Waals surface area (Å²) >= 11 is 0. The van der Waals surface area contributed by atoms with Gasteiger partial charge in [-0.3, -0.25) is 4.79 Å². The molecule has 0 aliphatic carbocycles. The minimum absolute atomic E-state index is 0.136. The third-order valence-corrected chi connectivity index (χ3v) is 3.29. The molecule has 2 aromatic carbocycles. The molecule has 21 heavy (non-hydrogen) atoms. The highest BCUT2D eigenvalue weighted by Gasteiger charge is 2.19. The molecule has 0 saturated carbocycles. The standard InChI is InChI=1S/C17H19FN2O/c1-11(2)16(12-6-4-3-5-7-12)20-17(21)13-8-14(18)10-15(19)9-13/h3-11,16H,19H2,1-2H3,(H,20,21). The highest BCUT2D eigenvalue weighted by Crippen LogP contribution is 2.22. The topological polar surface area (TPSA) is 55.1 Å². The number of benzene rings is 2. The Hall–Kier alpha value is -2.36. The normalized spacial score (nSPS) is 12.2. The lowest BCUT2D eigenvalue weighted by Crippen LogP contribution is -2.31. The third-order valence-electron chi connectivity index (χ3n) is 3.29. The average Bonchev–Trinajstić information content (AvgIpc) is 2.44. The van der Waals surface area contributed by atoms with Crippen LogP contribution in [0.5, 0.6) is 0 Å². The first-order valence-corrected chi connectivity index (χ1v) is 6.89. The van der Waals surface area contributed by atoms with Crippen LogP contribution < -0.4 is 11.1 Å². The minimum atomic E-state index is -0.513. The van der Waals surface area contributed by atoms with Gasteiger partial charge in [0.15, 0.2) is 0 Å². The SMILES string of the molecule is CC(C)C(NC(=O)c1cc(N)cc(F)c1)c1ccccc1. The zero-order chi connectivity index (χ0) is 15.4. The molecule has 0 aromatic heterocycles. The second kappa shape index (κ2) is 6.39. The first-order valence-electron chi connectivity index (χ1n) is 6.89. The number of carbonyl (C=O) groups excluding carboxylic acids is 1. The summed E-state index contributed by atoms with van der Waals surface area (Å²) in [4.78, 5) is 12.3. The van der Waals surface area contributed by atoms with Crippen LogP contribution in [0, 0.1) is 11.7 Å². The van der Waals surface area contributed by atoms with Gasteiger partial charge in [-0.2, -0.15) is 0 Å². The van der Waals surface area contributed by atoms with Gasteiger partial charge in [0.05, 0.1) is 6.04 Å². The van der Waals surface area contributed by atoms with Crippen LogP contribution in [0.1, 0.15) is 35.8 Å². The molecule has 1 unspecified atom stereocenters. The van der Waals surface area contributed by atoms with E-state index in [1.807, 2.05) is 44.2 Å². The number of nitrogens with two attached hydrogens (primary N) is 1. The smallest absolute Gasteiger partial charge is 0.251 e. The van der Waals surface area contributed by atoms with E-state index in [0.717, 1.165) is 5.56 Å². The quantitative estimate of drug-likeness (QED) is 0.845. The number of rotatable bonds is 4. The fraction of sp³-hybridized carbons (Fsp3) is 0.235. The summed E-state index contributed by atoms with van der Waals surface area (Å²) in [5, 5.41) is 2.94. The minimum Gasteiger partial charge on any atom is -0.399 e. The molecular formula is C17H19FN2O. The monoisotopic (exact) mass is 286 g/mol. The molecule has 2 aromatic rings. The maximum atomic E-state index is 13.3. The molecule has 2 rings (SSSR count). The van der Waals surface area contributed by atoms with Crippen molar-refractivity contribution < 1.29 is 9.18 Å². The Balaban J connectivity index is 2.23. The number of nitrogens with one attached hydrogen (secondary N) is 1. The van der Waals surface area contributed by atoms with Crippen molar-refractivity contribution in [3.63, 3.8) is 0 Å². The molecule has 1 amide bonds. The molecule has 4 heteroatoms. The van der Waals surface area contributed by atoms with E-state index in [-0.39, 0.29) is 29.1 Å². The van der Waals surface area contributed by atoms with Crippen molar-refractivity contribution >= 4 is 11.6 Å². The lowest BCUT2D eigenvalue weighted by atomic mass is 9.95. The van der Waals surface area contributed by atoms with Gasteiger partial charge in [-0.15, -0.1) is 0 Å². The van der Waals surface area contributed by atoms with E-state index >= 15 is 0 Å². The van der Waals surface area contributed by atoms with Gasteiger partial charge < -0.3 is 11.1 Å². The van der Waals surface area contributed by atoms with Gasteiger partial charge in [0, 0.05) is 11.3 Å². The van der Waals surface area contributed by atoms with Crippen molar-refractivity contribution in [1.29, 1.82) is 0 Å². The van der Waals surface area contributed by atoms with Crippen molar-refractivity contribution in [2.24, 2.45) is 5.92 Å². The van der Waals surface area contributed by atoms with Crippen LogP contribution >= 0.6 is 0 Å². The largest absolute Gasteiger partial charge is 0.399 e. The summed E-state index contributed by atoms with van der Waals surface area (Å²) < 4.78 is 13.3. The Morgan fingerprint density at radius 1 is 1.14 bits per heavy atom. The Bertz CT molecular complexity index is 606. The first-order chi connectivity index (χ1) is 9.97. The summed E-state index contributed by atoms with van der Waals surface area (Å²) in [6.07, 6.45) is 0. The molecule has 0 spiro atoms. The molecule has 0 aliphatic heterocycles. The number of amides is 1. The van der Waals surface area contributed by atoms with Gasteiger partial charge in [0.1, 0.15) is 5.82 Å². The van der Waals surface area contributed by atoms with E-state index in [1.165, 1.54) is 18.2 Å². The number of halogens is 1. The average molecular weight is 286 g/mol. The number of nitrogen functional groups attached to an aromatic ring is 1. The Labute approximate surface area is 124 Å².